The van der Waals surface area contributed by atoms with Crippen molar-refractivity contribution in [2.45, 2.75) is 5.92 Å². The predicted molar refractivity (Wildman–Crippen MR) is 67.7 cm³/mol. The lowest BCUT2D eigenvalue weighted by molar-refractivity contribution is 0.319. The molecule has 0 fully saturated rings. The quantitative estimate of drug-likeness (QED) is 0.501. The highest BCUT2D eigenvalue weighted by Gasteiger charge is 2.20. The largest absolute Gasteiger partial charge is 0.410 e. The number of rotatable bonds is 3. The number of hydrogen-bond donors (Lipinski definition) is 1. The van der Waals surface area contributed by atoms with E-state index in [0.29, 0.717) is 0 Å². The van der Waals surface area contributed by atoms with E-state index < -0.39 is 0 Å². The molecule has 4 heteroatoms. The topological polar surface area (TPSA) is 32.6 Å². The summed E-state index contributed by atoms with van der Waals surface area (Å²) in [5.74, 6) is -0.173. The fraction of sp³-hybridized carbons (Fsp3) is 0.0833. The van der Waals surface area contributed by atoms with E-state index in [0.717, 1.165) is 10.4 Å². The summed E-state index contributed by atoms with van der Waals surface area (Å²) in [5, 5.41) is 14.1. The van der Waals surface area contributed by atoms with Gasteiger partial charge in [0.05, 0.1) is 5.92 Å². The Kier molecular flexibility index (Phi) is 3.59. The van der Waals surface area contributed by atoms with Crippen LogP contribution in [0.2, 0.25) is 0 Å². The van der Waals surface area contributed by atoms with E-state index >= 15 is 0 Å². The van der Waals surface area contributed by atoms with Gasteiger partial charge in [0.25, 0.3) is 0 Å². The molecule has 1 aromatic heterocycles. The molecular weight excluding hydrogens is 242 g/mol. The smallest absolute Gasteiger partial charge is 0.157 e. The molecule has 2 rings (SSSR count). The molecule has 0 aliphatic rings. The summed E-state index contributed by atoms with van der Waals surface area (Å²) >= 11 is 7.56. The zero-order valence-corrected chi connectivity index (χ0v) is 9.95. The number of nitrogens with zero attached hydrogens (tertiary/aromatic N) is 1. The summed E-state index contributed by atoms with van der Waals surface area (Å²) < 4.78 is 0. The fourth-order valence-corrected chi connectivity index (χ4v) is 2.74. The summed E-state index contributed by atoms with van der Waals surface area (Å²) in [6.45, 7) is 0. The van der Waals surface area contributed by atoms with E-state index in [2.05, 4.69) is 5.16 Å². The van der Waals surface area contributed by atoms with Crippen LogP contribution in [0.25, 0.3) is 0 Å². The Morgan fingerprint density at radius 3 is 2.50 bits per heavy atom. The molecule has 82 valence electrons. The molecule has 0 aliphatic carbocycles. The van der Waals surface area contributed by atoms with Crippen LogP contribution < -0.4 is 0 Å². The van der Waals surface area contributed by atoms with Crippen LogP contribution in [0.5, 0.6) is 0 Å². The van der Waals surface area contributed by atoms with E-state index in [9.17, 15) is 0 Å². The van der Waals surface area contributed by atoms with Gasteiger partial charge in [0.2, 0.25) is 0 Å². The Labute approximate surface area is 103 Å². The number of thiophene rings is 1. The summed E-state index contributed by atoms with van der Waals surface area (Å²) in [6.07, 6.45) is 0. The molecule has 0 radical (unpaired) electrons. The average molecular weight is 252 g/mol. The molecule has 1 aromatic carbocycles. The Hall–Kier alpha value is -1.32. The molecule has 2 nitrogen and oxygen atoms in total. The van der Waals surface area contributed by atoms with E-state index in [1.807, 2.05) is 47.8 Å². The maximum Gasteiger partial charge on any atom is 0.157 e. The average Bonchev–Trinajstić information content (AvgIpc) is 2.84. The summed E-state index contributed by atoms with van der Waals surface area (Å²) in [7, 11) is 0. The molecule has 1 heterocycles. The second kappa shape index (κ2) is 5.14. The van der Waals surface area contributed by atoms with E-state index in [4.69, 9.17) is 16.8 Å². The van der Waals surface area contributed by atoms with Gasteiger partial charge in [0.1, 0.15) is 0 Å². The summed E-state index contributed by atoms with van der Waals surface area (Å²) in [6, 6.07) is 13.7. The Morgan fingerprint density at radius 2 is 1.94 bits per heavy atom. The van der Waals surface area contributed by atoms with Gasteiger partial charge in [0, 0.05) is 4.88 Å². The molecule has 16 heavy (non-hydrogen) atoms. The first-order chi connectivity index (χ1) is 7.83. The Bertz CT molecular complexity index is 467. The third kappa shape index (κ3) is 2.26. The van der Waals surface area contributed by atoms with Crippen molar-refractivity contribution in [1.29, 1.82) is 0 Å². The molecule has 1 atom stereocenters. The molecule has 1 N–H and O–H groups in total. The molecule has 0 aliphatic heterocycles. The lowest BCUT2D eigenvalue weighted by atomic mass is 9.99. The number of halogens is 1. The number of benzene rings is 1. The lowest BCUT2D eigenvalue weighted by Crippen LogP contribution is -2.07. The van der Waals surface area contributed by atoms with Crippen LogP contribution in [0, 0.1) is 0 Å². The summed E-state index contributed by atoms with van der Waals surface area (Å²) in [4.78, 5) is 1.06. The molecule has 0 saturated heterocycles. The molecule has 1 unspecified atom stereocenters. The van der Waals surface area contributed by atoms with Crippen molar-refractivity contribution < 1.29 is 5.21 Å². The van der Waals surface area contributed by atoms with Crippen LogP contribution in [-0.4, -0.2) is 10.4 Å². The third-order valence-electron chi connectivity index (χ3n) is 2.29. The Morgan fingerprint density at radius 1 is 1.19 bits per heavy atom. The second-order valence-electron chi connectivity index (χ2n) is 3.28. The van der Waals surface area contributed by atoms with Crippen LogP contribution in [0.1, 0.15) is 16.4 Å². The van der Waals surface area contributed by atoms with Crippen LogP contribution in [-0.2, 0) is 0 Å². The molecule has 0 bridgehead atoms. The standard InChI is InChI=1S/C12H10ClNOS/c13-12(14-15)11(10-7-4-8-16-10)9-5-2-1-3-6-9/h1-8,11,15H. The molecule has 0 amide bonds. The van der Waals surface area contributed by atoms with Gasteiger partial charge >= 0.3 is 0 Å². The first kappa shape index (κ1) is 11.2. The van der Waals surface area contributed by atoms with Crippen molar-refractivity contribution in [3.63, 3.8) is 0 Å². The zero-order valence-electron chi connectivity index (χ0n) is 8.38. The lowest BCUT2D eigenvalue weighted by Gasteiger charge is -2.12. The van der Waals surface area contributed by atoms with E-state index in [1.165, 1.54) is 0 Å². The monoisotopic (exact) mass is 251 g/mol. The van der Waals surface area contributed by atoms with Crippen LogP contribution in [0.4, 0.5) is 0 Å². The minimum absolute atomic E-state index is 0.173. The third-order valence-corrected chi connectivity index (χ3v) is 3.53. The van der Waals surface area contributed by atoms with Gasteiger partial charge in [-0.1, -0.05) is 53.2 Å². The van der Waals surface area contributed by atoms with Gasteiger partial charge in [0.15, 0.2) is 5.17 Å². The van der Waals surface area contributed by atoms with Gasteiger partial charge in [-0.15, -0.1) is 11.3 Å². The SMILES string of the molecule is ON=C(Cl)C(c1ccccc1)c1cccs1. The molecular formula is C12H10ClNOS. The van der Waals surface area contributed by atoms with Gasteiger partial charge < -0.3 is 5.21 Å². The van der Waals surface area contributed by atoms with Crippen molar-refractivity contribution in [3.05, 3.63) is 58.3 Å². The molecule has 0 saturated carbocycles. The number of oxime groups is 1. The van der Waals surface area contributed by atoms with Crippen LogP contribution >= 0.6 is 22.9 Å². The molecule has 2 aromatic rings. The first-order valence-corrected chi connectivity index (χ1v) is 6.04. The van der Waals surface area contributed by atoms with Gasteiger partial charge in [-0.3, -0.25) is 0 Å². The van der Waals surface area contributed by atoms with Crippen molar-refractivity contribution in [1.82, 2.24) is 0 Å². The highest BCUT2D eigenvalue weighted by Crippen LogP contribution is 2.30. The van der Waals surface area contributed by atoms with E-state index in [-0.39, 0.29) is 11.1 Å². The minimum Gasteiger partial charge on any atom is -0.410 e. The van der Waals surface area contributed by atoms with Crippen molar-refractivity contribution in [3.8, 4) is 0 Å². The normalized spacial score (nSPS) is 13.7. The highest BCUT2D eigenvalue weighted by molar-refractivity contribution is 7.10. The van der Waals surface area contributed by atoms with E-state index in [1.54, 1.807) is 11.3 Å². The minimum atomic E-state index is -0.173. The van der Waals surface area contributed by atoms with Crippen molar-refractivity contribution in [2.75, 3.05) is 0 Å². The summed E-state index contributed by atoms with van der Waals surface area (Å²) in [5.41, 5.74) is 1.02. The first-order valence-electron chi connectivity index (χ1n) is 4.78. The zero-order chi connectivity index (χ0) is 11.4. The maximum absolute atomic E-state index is 8.83. The van der Waals surface area contributed by atoms with Crippen LogP contribution in [0.15, 0.2) is 53.0 Å². The van der Waals surface area contributed by atoms with Gasteiger partial charge in [-0.05, 0) is 17.0 Å². The highest BCUT2D eigenvalue weighted by atomic mass is 35.5. The second-order valence-corrected chi connectivity index (χ2v) is 4.65. The fourth-order valence-electron chi connectivity index (χ4n) is 1.58. The van der Waals surface area contributed by atoms with Crippen molar-refractivity contribution >= 4 is 28.1 Å². The van der Waals surface area contributed by atoms with Crippen LogP contribution in [0.3, 0.4) is 0 Å². The molecule has 0 spiro atoms. The number of hydrogen-bond acceptors (Lipinski definition) is 3. The predicted octanol–water partition coefficient (Wildman–Crippen LogP) is 3.91. The van der Waals surface area contributed by atoms with Gasteiger partial charge in [-0.2, -0.15) is 0 Å². The maximum atomic E-state index is 8.83. The van der Waals surface area contributed by atoms with Gasteiger partial charge in [-0.25, -0.2) is 0 Å². The van der Waals surface area contributed by atoms with Crippen molar-refractivity contribution in [2.24, 2.45) is 5.16 Å². The Balaban J connectivity index is 2.45.